The first-order chi connectivity index (χ1) is 13.3. The largest absolute Gasteiger partial charge is 0.484 e. The third kappa shape index (κ3) is 7.05. The first-order valence-corrected chi connectivity index (χ1v) is 9.44. The molecule has 1 amide bonds. The predicted molar refractivity (Wildman–Crippen MR) is 100 cm³/mol. The van der Waals surface area contributed by atoms with Crippen molar-refractivity contribution in [3.05, 3.63) is 53.9 Å². The number of ether oxygens (including phenoxy) is 1. The summed E-state index contributed by atoms with van der Waals surface area (Å²) in [4.78, 5) is 15.7. The molecule has 0 radical (unpaired) electrons. The number of benzene rings is 1. The van der Waals surface area contributed by atoms with E-state index in [9.17, 15) is 18.0 Å². The Balaban J connectivity index is 1.73. The van der Waals surface area contributed by atoms with Crippen LogP contribution in [0.4, 0.5) is 13.2 Å². The van der Waals surface area contributed by atoms with Gasteiger partial charge in [-0.25, -0.2) is 0 Å². The Morgan fingerprint density at radius 1 is 1.29 bits per heavy atom. The fourth-order valence-corrected chi connectivity index (χ4v) is 3.39. The Morgan fingerprint density at radius 2 is 2.00 bits per heavy atom. The van der Waals surface area contributed by atoms with Crippen molar-refractivity contribution in [3.63, 3.8) is 0 Å². The molecule has 2 N–H and O–H groups in total. The molecular weight excluding hydrogens is 393 g/mol. The van der Waals surface area contributed by atoms with E-state index in [0.29, 0.717) is 18.7 Å². The van der Waals surface area contributed by atoms with E-state index in [0.717, 1.165) is 29.6 Å². The van der Waals surface area contributed by atoms with E-state index in [4.69, 9.17) is 9.84 Å². The van der Waals surface area contributed by atoms with Crippen LogP contribution in [0.15, 0.2) is 47.6 Å². The Hall–Kier alpha value is -2.26. The molecule has 0 saturated carbocycles. The van der Waals surface area contributed by atoms with Crippen molar-refractivity contribution in [1.29, 1.82) is 0 Å². The maximum atomic E-state index is 13.0. The number of carbonyl (C=O) groups excluding carboxylic acids is 1. The number of nitrogens with zero attached hydrogens (tertiary/aromatic N) is 1. The summed E-state index contributed by atoms with van der Waals surface area (Å²) in [6.07, 6.45) is -1.60. The lowest BCUT2D eigenvalue weighted by atomic mass is 10.2. The zero-order chi connectivity index (χ0) is 20.6. The second-order valence-corrected chi connectivity index (χ2v) is 7.51. The average Bonchev–Trinajstić information content (AvgIpc) is 2.66. The number of carbonyl (C=O) groups is 1. The van der Waals surface area contributed by atoms with Crippen LogP contribution in [0.25, 0.3) is 0 Å². The van der Waals surface area contributed by atoms with Crippen LogP contribution in [-0.4, -0.2) is 34.4 Å². The first-order valence-electron chi connectivity index (χ1n) is 8.56. The van der Waals surface area contributed by atoms with Gasteiger partial charge in [0.15, 0.2) is 6.61 Å². The molecule has 28 heavy (non-hydrogen) atoms. The molecule has 152 valence electrons. The maximum absolute atomic E-state index is 13.0. The van der Waals surface area contributed by atoms with Gasteiger partial charge in [-0.3, -0.25) is 9.78 Å². The van der Waals surface area contributed by atoms with E-state index in [1.807, 2.05) is 0 Å². The SMILES string of the molecule is CC(CCNC(=O)COc1ccc(CO)cc1)Sc1cnccc1C(F)(F)F. The topological polar surface area (TPSA) is 71.5 Å². The number of halogens is 3. The highest BCUT2D eigenvalue weighted by Crippen LogP contribution is 2.37. The minimum atomic E-state index is -4.42. The van der Waals surface area contributed by atoms with Crippen molar-refractivity contribution in [1.82, 2.24) is 10.3 Å². The van der Waals surface area contributed by atoms with E-state index in [1.54, 1.807) is 31.2 Å². The van der Waals surface area contributed by atoms with Gasteiger partial charge in [0.25, 0.3) is 5.91 Å². The number of rotatable bonds is 9. The van der Waals surface area contributed by atoms with Crippen LogP contribution in [0.1, 0.15) is 24.5 Å². The second kappa shape index (κ2) is 10.3. The van der Waals surface area contributed by atoms with Gasteiger partial charge in [0.2, 0.25) is 0 Å². The van der Waals surface area contributed by atoms with Crippen molar-refractivity contribution in [3.8, 4) is 5.75 Å². The minimum absolute atomic E-state index is 0.0690. The second-order valence-electron chi connectivity index (χ2n) is 6.03. The fourth-order valence-electron chi connectivity index (χ4n) is 2.29. The van der Waals surface area contributed by atoms with E-state index in [-0.39, 0.29) is 29.3 Å². The van der Waals surface area contributed by atoms with E-state index < -0.39 is 11.7 Å². The van der Waals surface area contributed by atoms with Crippen molar-refractivity contribution >= 4 is 17.7 Å². The number of hydrogen-bond acceptors (Lipinski definition) is 5. The summed E-state index contributed by atoms with van der Waals surface area (Å²) in [5, 5.41) is 11.5. The number of alkyl halides is 3. The number of aromatic nitrogens is 1. The normalized spacial score (nSPS) is 12.5. The summed E-state index contributed by atoms with van der Waals surface area (Å²) < 4.78 is 44.3. The lowest BCUT2D eigenvalue weighted by Crippen LogP contribution is -2.30. The van der Waals surface area contributed by atoms with Gasteiger partial charge in [0, 0.05) is 29.1 Å². The smallest absolute Gasteiger partial charge is 0.417 e. The molecule has 0 aliphatic carbocycles. The number of thioether (sulfide) groups is 1. The molecule has 0 bridgehead atoms. The summed E-state index contributed by atoms with van der Waals surface area (Å²) in [5.74, 6) is 0.188. The molecule has 0 fully saturated rings. The molecule has 1 aromatic heterocycles. The van der Waals surface area contributed by atoms with Crippen molar-refractivity contribution in [2.45, 2.75) is 36.3 Å². The molecule has 0 aliphatic heterocycles. The lowest BCUT2D eigenvalue weighted by Gasteiger charge is -2.16. The highest BCUT2D eigenvalue weighted by atomic mass is 32.2. The van der Waals surface area contributed by atoms with Crippen molar-refractivity contribution in [2.24, 2.45) is 0 Å². The summed E-state index contributed by atoms with van der Waals surface area (Å²) in [6.45, 7) is 1.88. The van der Waals surface area contributed by atoms with Crippen LogP contribution < -0.4 is 10.1 Å². The van der Waals surface area contributed by atoms with Crippen LogP contribution in [-0.2, 0) is 17.6 Å². The average molecular weight is 414 g/mol. The zero-order valence-corrected chi connectivity index (χ0v) is 16.0. The zero-order valence-electron chi connectivity index (χ0n) is 15.2. The van der Waals surface area contributed by atoms with Crippen molar-refractivity contribution < 1.29 is 27.8 Å². The van der Waals surface area contributed by atoms with Gasteiger partial charge in [0.1, 0.15) is 5.75 Å². The highest BCUT2D eigenvalue weighted by Gasteiger charge is 2.33. The number of pyridine rings is 1. The molecule has 1 heterocycles. The summed E-state index contributed by atoms with van der Waals surface area (Å²) in [5.41, 5.74) is 0.0367. The van der Waals surface area contributed by atoms with Gasteiger partial charge in [-0.15, -0.1) is 11.8 Å². The molecule has 2 rings (SSSR count). The molecule has 1 aromatic carbocycles. The molecular formula is C19H21F3N2O3S. The quantitative estimate of drug-likeness (QED) is 0.613. The van der Waals surface area contributed by atoms with Crippen LogP contribution in [0.2, 0.25) is 0 Å². The molecule has 1 atom stereocenters. The van der Waals surface area contributed by atoms with Gasteiger partial charge in [-0.1, -0.05) is 19.1 Å². The molecule has 1 unspecified atom stereocenters. The Morgan fingerprint density at radius 3 is 2.64 bits per heavy atom. The Kier molecular flexibility index (Phi) is 8.13. The fraction of sp³-hybridized carbons (Fsp3) is 0.368. The van der Waals surface area contributed by atoms with Crippen LogP contribution in [0, 0.1) is 0 Å². The number of aliphatic hydroxyl groups excluding tert-OH is 1. The number of aliphatic hydroxyl groups is 1. The van der Waals surface area contributed by atoms with Crippen LogP contribution in [0.3, 0.4) is 0 Å². The summed E-state index contributed by atoms with van der Waals surface area (Å²) in [6, 6.07) is 7.66. The Bertz CT molecular complexity index is 770. The molecule has 2 aromatic rings. The molecule has 0 aliphatic rings. The third-order valence-electron chi connectivity index (χ3n) is 3.77. The molecule has 5 nitrogen and oxygen atoms in total. The van der Waals surface area contributed by atoms with Gasteiger partial charge in [-0.05, 0) is 30.2 Å². The lowest BCUT2D eigenvalue weighted by molar-refractivity contribution is -0.139. The van der Waals surface area contributed by atoms with E-state index in [2.05, 4.69) is 10.3 Å². The van der Waals surface area contributed by atoms with E-state index >= 15 is 0 Å². The molecule has 9 heteroatoms. The monoisotopic (exact) mass is 414 g/mol. The minimum Gasteiger partial charge on any atom is -0.484 e. The number of amides is 1. The number of hydrogen-bond donors (Lipinski definition) is 2. The van der Waals surface area contributed by atoms with E-state index in [1.165, 1.54) is 6.20 Å². The predicted octanol–water partition coefficient (Wildman–Crippen LogP) is 3.66. The first kappa shape index (κ1) is 22.0. The maximum Gasteiger partial charge on any atom is 0.417 e. The number of nitrogens with one attached hydrogen (secondary N) is 1. The standard InChI is InChI=1S/C19H21F3N2O3S/c1-13(28-17-10-23-8-7-16(17)19(20,21)22)6-9-24-18(26)12-27-15-4-2-14(11-25)3-5-15/h2-5,7-8,10,13,25H,6,9,11-12H2,1H3,(H,24,26). The third-order valence-corrected chi connectivity index (χ3v) is 4.98. The van der Waals surface area contributed by atoms with Gasteiger partial charge in [0.05, 0.1) is 12.2 Å². The molecule has 0 spiro atoms. The highest BCUT2D eigenvalue weighted by molar-refractivity contribution is 8.00. The van der Waals surface area contributed by atoms with Crippen molar-refractivity contribution in [2.75, 3.05) is 13.2 Å². The van der Waals surface area contributed by atoms with Gasteiger partial charge in [-0.2, -0.15) is 13.2 Å². The van der Waals surface area contributed by atoms with Crippen LogP contribution >= 0.6 is 11.8 Å². The van der Waals surface area contributed by atoms with Crippen LogP contribution in [0.5, 0.6) is 5.75 Å². The van der Waals surface area contributed by atoms with Gasteiger partial charge >= 0.3 is 6.18 Å². The summed E-state index contributed by atoms with van der Waals surface area (Å²) >= 11 is 1.08. The van der Waals surface area contributed by atoms with Gasteiger partial charge < -0.3 is 15.2 Å². The summed E-state index contributed by atoms with van der Waals surface area (Å²) in [7, 11) is 0. The Labute approximate surface area is 165 Å². The molecule has 0 saturated heterocycles.